The Balaban J connectivity index is 1.12. The van der Waals surface area contributed by atoms with Crippen LogP contribution >= 0.6 is 0 Å². The van der Waals surface area contributed by atoms with E-state index in [9.17, 15) is 26.3 Å². The van der Waals surface area contributed by atoms with Crippen molar-refractivity contribution >= 4 is 55.9 Å². The molecular formula is C56H37F6N3. The molecule has 0 atom stereocenters. The van der Waals surface area contributed by atoms with Gasteiger partial charge in [0.1, 0.15) is 0 Å². The molecule has 0 amide bonds. The Morgan fingerprint density at radius 2 is 0.677 bits per heavy atom. The van der Waals surface area contributed by atoms with Gasteiger partial charge in [-0.1, -0.05) is 103 Å². The molecule has 0 aliphatic heterocycles. The summed E-state index contributed by atoms with van der Waals surface area (Å²) in [5.74, 6) is 0. The summed E-state index contributed by atoms with van der Waals surface area (Å²) in [6.45, 7) is 0. The third-order valence-electron chi connectivity index (χ3n) is 11.5. The van der Waals surface area contributed by atoms with Gasteiger partial charge >= 0.3 is 12.4 Å². The van der Waals surface area contributed by atoms with Crippen LogP contribution in [0.15, 0.2) is 224 Å². The van der Waals surface area contributed by atoms with E-state index in [1.54, 1.807) is 18.2 Å². The summed E-state index contributed by atoms with van der Waals surface area (Å²) in [6, 6.07) is 69.9. The second-order valence-electron chi connectivity index (χ2n) is 15.7. The van der Waals surface area contributed by atoms with Gasteiger partial charge in [-0.05, 0) is 144 Å². The molecule has 10 rings (SSSR count). The number of hydrogen-bond acceptors (Lipinski definition) is 2. The smallest absolute Gasteiger partial charge is 0.310 e. The SMILES string of the molecule is FC(F)(F)c1cc(-c2cccc(-c3ccc(-n4c5ccc(N(c6ccccc6)c6ccccc6)cc5c5cc(N(c6ccccc6)c6ccccc6)ccc54)cc3)c2)cc(C(F)(F)F)c1. The van der Waals surface area contributed by atoms with E-state index in [1.165, 1.54) is 6.07 Å². The van der Waals surface area contributed by atoms with Crippen LogP contribution in [0.5, 0.6) is 0 Å². The lowest BCUT2D eigenvalue weighted by Gasteiger charge is -2.26. The lowest BCUT2D eigenvalue weighted by atomic mass is 9.96. The van der Waals surface area contributed by atoms with Crippen molar-refractivity contribution in [3.63, 3.8) is 0 Å². The first-order valence-corrected chi connectivity index (χ1v) is 20.9. The van der Waals surface area contributed by atoms with E-state index in [4.69, 9.17) is 0 Å². The number of benzene rings is 9. The van der Waals surface area contributed by atoms with E-state index in [0.29, 0.717) is 5.56 Å². The number of halogens is 6. The predicted octanol–water partition coefficient (Wildman–Crippen LogP) is 17.1. The molecule has 0 radical (unpaired) electrons. The maximum atomic E-state index is 13.8. The van der Waals surface area contributed by atoms with Crippen molar-refractivity contribution < 1.29 is 26.3 Å². The lowest BCUT2D eigenvalue weighted by Crippen LogP contribution is -2.11. The first-order chi connectivity index (χ1) is 31.5. The molecular weight excluding hydrogens is 829 g/mol. The molecule has 65 heavy (non-hydrogen) atoms. The van der Waals surface area contributed by atoms with Crippen LogP contribution in [0.1, 0.15) is 11.1 Å². The highest BCUT2D eigenvalue weighted by atomic mass is 19.4. The fourth-order valence-corrected chi connectivity index (χ4v) is 8.56. The van der Waals surface area contributed by atoms with Crippen LogP contribution < -0.4 is 9.80 Å². The normalized spacial score (nSPS) is 11.8. The zero-order valence-electron chi connectivity index (χ0n) is 34.5. The monoisotopic (exact) mass is 865 g/mol. The van der Waals surface area contributed by atoms with Crippen LogP contribution in [0, 0.1) is 0 Å². The molecule has 318 valence electrons. The number of para-hydroxylation sites is 4. The number of aromatic nitrogens is 1. The van der Waals surface area contributed by atoms with Crippen LogP contribution in [-0.4, -0.2) is 4.57 Å². The highest BCUT2D eigenvalue weighted by Crippen LogP contribution is 2.44. The topological polar surface area (TPSA) is 11.4 Å². The summed E-state index contributed by atoms with van der Waals surface area (Å²) in [7, 11) is 0. The minimum Gasteiger partial charge on any atom is -0.310 e. The van der Waals surface area contributed by atoms with Crippen molar-refractivity contribution in [1.82, 2.24) is 4.57 Å². The van der Waals surface area contributed by atoms with Crippen LogP contribution in [0.25, 0.3) is 49.7 Å². The molecule has 1 heterocycles. The van der Waals surface area contributed by atoms with E-state index in [-0.39, 0.29) is 17.2 Å². The lowest BCUT2D eigenvalue weighted by molar-refractivity contribution is -0.143. The number of anilines is 6. The molecule has 0 spiro atoms. The van der Waals surface area contributed by atoms with Crippen molar-refractivity contribution in [2.45, 2.75) is 12.4 Å². The molecule has 10 aromatic rings. The van der Waals surface area contributed by atoms with Crippen LogP contribution in [0.3, 0.4) is 0 Å². The predicted molar refractivity (Wildman–Crippen MR) is 251 cm³/mol. The Morgan fingerprint density at radius 3 is 1.06 bits per heavy atom. The average Bonchev–Trinajstić information content (AvgIpc) is 3.65. The van der Waals surface area contributed by atoms with Gasteiger partial charge in [-0.15, -0.1) is 0 Å². The van der Waals surface area contributed by atoms with Crippen molar-refractivity contribution in [1.29, 1.82) is 0 Å². The van der Waals surface area contributed by atoms with Crippen molar-refractivity contribution in [2.75, 3.05) is 9.80 Å². The Labute approximate surface area is 371 Å². The molecule has 9 heteroatoms. The van der Waals surface area contributed by atoms with Gasteiger partial charge in [0.2, 0.25) is 0 Å². The molecule has 0 aliphatic rings. The van der Waals surface area contributed by atoms with E-state index in [1.807, 2.05) is 97.1 Å². The van der Waals surface area contributed by atoms with Gasteiger partial charge in [0, 0.05) is 50.6 Å². The molecule has 0 aliphatic carbocycles. The Hall–Kier alpha value is -8.04. The molecule has 1 aromatic heterocycles. The summed E-state index contributed by atoms with van der Waals surface area (Å²) in [5, 5.41) is 2.04. The van der Waals surface area contributed by atoms with Crippen molar-refractivity contribution in [3.05, 3.63) is 236 Å². The maximum Gasteiger partial charge on any atom is 0.416 e. The first kappa shape index (κ1) is 41.0. The molecule has 0 saturated heterocycles. The van der Waals surface area contributed by atoms with E-state index >= 15 is 0 Å². The first-order valence-electron chi connectivity index (χ1n) is 20.9. The number of fused-ring (bicyclic) bond motifs is 3. The zero-order valence-corrected chi connectivity index (χ0v) is 34.5. The zero-order chi connectivity index (χ0) is 44.7. The third-order valence-corrected chi connectivity index (χ3v) is 11.5. The standard InChI is InChI=1S/C56H37F6N3/c57-55(58,59)42-33-41(34-43(35-42)56(60,61)62)40-15-13-14-39(32-40)38-24-26-48(27-25-38)65-53-30-28-49(63(44-16-5-1-6-17-44)45-18-7-2-8-19-45)36-51(53)52-37-50(29-31-54(52)65)64(46-20-9-3-10-21-46)47-22-11-4-12-23-47/h1-37H. The largest absolute Gasteiger partial charge is 0.416 e. The highest BCUT2D eigenvalue weighted by Gasteiger charge is 2.37. The van der Waals surface area contributed by atoms with Crippen LogP contribution in [-0.2, 0) is 12.4 Å². The third kappa shape index (κ3) is 8.09. The molecule has 9 aromatic carbocycles. The van der Waals surface area contributed by atoms with Crippen LogP contribution in [0.2, 0.25) is 0 Å². The fraction of sp³-hybridized carbons (Fsp3) is 0.0357. The highest BCUT2D eigenvalue weighted by molar-refractivity contribution is 6.12. The van der Waals surface area contributed by atoms with Gasteiger partial charge in [0.05, 0.1) is 22.2 Å². The molecule has 0 saturated carbocycles. The van der Waals surface area contributed by atoms with Gasteiger partial charge in [0.15, 0.2) is 0 Å². The number of hydrogen-bond donors (Lipinski definition) is 0. The molecule has 3 nitrogen and oxygen atoms in total. The van der Waals surface area contributed by atoms with Gasteiger partial charge in [-0.2, -0.15) is 26.3 Å². The second kappa shape index (κ2) is 16.6. The molecule has 0 fully saturated rings. The number of alkyl halides is 6. The molecule has 0 N–H and O–H groups in total. The second-order valence-corrected chi connectivity index (χ2v) is 15.7. The minimum absolute atomic E-state index is 0.146. The van der Waals surface area contributed by atoms with E-state index in [0.717, 1.165) is 79.3 Å². The Kier molecular flexibility index (Phi) is 10.5. The summed E-state index contributed by atoms with van der Waals surface area (Å²) < 4.78 is 84.8. The van der Waals surface area contributed by atoms with Crippen LogP contribution in [0.4, 0.5) is 60.5 Å². The van der Waals surface area contributed by atoms with E-state index < -0.39 is 23.5 Å². The van der Waals surface area contributed by atoms with Gasteiger partial charge in [-0.25, -0.2) is 0 Å². The Bertz CT molecular complexity index is 3020. The van der Waals surface area contributed by atoms with Gasteiger partial charge in [0.25, 0.3) is 0 Å². The Morgan fingerprint density at radius 1 is 0.292 bits per heavy atom. The number of nitrogens with zero attached hydrogens (tertiary/aromatic N) is 3. The van der Waals surface area contributed by atoms with E-state index in [2.05, 4.69) is 99.3 Å². The number of rotatable bonds is 9. The summed E-state index contributed by atoms with van der Waals surface area (Å²) >= 11 is 0. The van der Waals surface area contributed by atoms with Crippen molar-refractivity contribution in [3.8, 4) is 27.9 Å². The average molecular weight is 866 g/mol. The quantitative estimate of drug-likeness (QED) is 0.134. The summed E-state index contributed by atoms with van der Waals surface area (Å²) in [6.07, 6.45) is -9.91. The fourth-order valence-electron chi connectivity index (χ4n) is 8.56. The molecule has 0 unspecified atom stereocenters. The van der Waals surface area contributed by atoms with Gasteiger partial charge < -0.3 is 14.4 Å². The van der Waals surface area contributed by atoms with Gasteiger partial charge in [-0.3, -0.25) is 0 Å². The van der Waals surface area contributed by atoms with Crippen molar-refractivity contribution in [2.24, 2.45) is 0 Å². The minimum atomic E-state index is -4.95. The summed E-state index contributed by atoms with van der Waals surface area (Å²) in [5.41, 5.74) is 7.50. The maximum absolute atomic E-state index is 13.8. The summed E-state index contributed by atoms with van der Waals surface area (Å²) in [4.78, 5) is 4.47. The molecule has 0 bridgehead atoms.